The SMILES string of the molecule is COCC(C)CNC(=O)c1cnc(N)c(Cl)c1. The number of nitrogens with zero attached hydrogens (tertiary/aromatic N) is 1. The average Bonchev–Trinajstić information content (AvgIpc) is 2.30. The summed E-state index contributed by atoms with van der Waals surface area (Å²) >= 11 is 5.78. The maximum atomic E-state index is 11.7. The highest BCUT2D eigenvalue weighted by Gasteiger charge is 2.10. The third-order valence-electron chi connectivity index (χ3n) is 2.19. The largest absolute Gasteiger partial charge is 0.384 e. The second kappa shape index (κ2) is 6.42. The van der Waals surface area contributed by atoms with E-state index in [2.05, 4.69) is 10.3 Å². The van der Waals surface area contributed by atoms with Gasteiger partial charge in [-0.1, -0.05) is 18.5 Å². The van der Waals surface area contributed by atoms with E-state index < -0.39 is 0 Å². The molecule has 1 amide bonds. The minimum absolute atomic E-state index is 0.218. The van der Waals surface area contributed by atoms with Gasteiger partial charge in [0.1, 0.15) is 5.82 Å². The van der Waals surface area contributed by atoms with Crippen LogP contribution in [0.15, 0.2) is 12.3 Å². The first-order valence-electron chi connectivity index (χ1n) is 5.22. The highest BCUT2D eigenvalue weighted by molar-refractivity contribution is 6.33. The fourth-order valence-electron chi connectivity index (χ4n) is 1.29. The van der Waals surface area contributed by atoms with Crippen LogP contribution in [0, 0.1) is 5.92 Å². The number of rotatable bonds is 5. The number of methoxy groups -OCH3 is 1. The number of nitrogen functional groups attached to an aromatic ring is 1. The first-order chi connectivity index (χ1) is 8.04. The maximum Gasteiger partial charge on any atom is 0.252 e. The Labute approximate surface area is 105 Å². The lowest BCUT2D eigenvalue weighted by Crippen LogP contribution is -2.30. The van der Waals surface area contributed by atoms with E-state index in [1.807, 2.05) is 6.92 Å². The third-order valence-corrected chi connectivity index (χ3v) is 2.50. The van der Waals surface area contributed by atoms with Gasteiger partial charge in [0.2, 0.25) is 0 Å². The van der Waals surface area contributed by atoms with Crippen LogP contribution in [0.1, 0.15) is 17.3 Å². The smallest absolute Gasteiger partial charge is 0.252 e. The number of halogens is 1. The summed E-state index contributed by atoms with van der Waals surface area (Å²) in [4.78, 5) is 15.5. The summed E-state index contributed by atoms with van der Waals surface area (Å²) in [5.41, 5.74) is 5.86. The molecule has 0 aliphatic heterocycles. The summed E-state index contributed by atoms with van der Waals surface area (Å²) in [6, 6.07) is 1.50. The van der Waals surface area contributed by atoms with Crippen LogP contribution >= 0.6 is 11.6 Å². The Kier molecular flexibility index (Phi) is 5.18. The molecule has 0 fully saturated rings. The van der Waals surface area contributed by atoms with E-state index >= 15 is 0 Å². The number of nitrogens with two attached hydrogens (primary N) is 1. The van der Waals surface area contributed by atoms with E-state index in [0.29, 0.717) is 18.7 Å². The van der Waals surface area contributed by atoms with Gasteiger partial charge in [-0.2, -0.15) is 0 Å². The molecule has 0 aliphatic carbocycles. The lowest BCUT2D eigenvalue weighted by molar-refractivity contribution is 0.0934. The fraction of sp³-hybridized carbons (Fsp3) is 0.455. The first-order valence-corrected chi connectivity index (χ1v) is 5.60. The normalized spacial score (nSPS) is 12.2. The molecule has 5 nitrogen and oxygen atoms in total. The lowest BCUT2D eigenvalue weighted by Gasteiger charge is -2.11. The number of carbonyl (C=O) groups excluding carboxylic acids is 1. The van der Waals surface area contributed by atoms with Crippen molar-refractivity contribution in [3.05, 3.63) is 22.8 Å². The van der Waals surface area contributed by atoms with Crippen LogP contribution in [0.4, 0.5) is 5.82 Å². The minimum atomic E-state index is -0.220. The number of hydrogen-bond donors (Lipinski definition) is 2. The van der Waals surface area contributed by atoms with Gasteiger partial charge >= 0.3 is 0 Å². The highest BCUT2D eigenvalue weighted by Crippen LogP contribution is 2.16. The molecule has 1 rings (SSSR count). The molecular weight excluding hydrogens is 242 g/mol. The van der Waals surface area contributed by atoms with Crippen molar-refractivity contribution < 1.29 is 9.53 Å². The molecule has 1 aromatic heterocycles. The Bertz CT molecular complexity index is 398. The third kappa shape index (κ3) is 4.20. The Morgan fingerprint density at radius 2 is 2.41 bits per heavy atom. The molecule has 1 aromatic rings. The standard InChI is InChI=1S/C11H16ClN3O2/c1-7(6-17-2)4-15-11(16)8-3-9(12)10(13)14-5-8/h3,5,7H,4,6H2,1-2H3,(H2,13,14)(H,15,16). The van der Waals surface area contributed by atoms with Crippen molar-refractivity contribution in [3.63, 3.8) is 0 Å². The van der Waals surface area contributed by atoms with Gasteiger partial charge in [0.15, 0.2) is 0 Å². The second-order valence-electron chi connectivity index (χ2n) is 3.86. The molecule has 0 aliphatic rings. The topological polar surface area (TPSA) is 77.2 Å². The van der Waals surface area contributed by atoms with Crippen molar-refractivity contribution in [3.8, 4) is 0 Å². The Hall–Kier alpha value is -1.33. The van der Waals surface area contributed by atoms with E-state index in [-0.39, 0.29) is 22.7 Å². The van der Waals surface area contributed by atoms with E-state index in [1.54, 1.807) is 7.11 Å². The van der Waals surface area contributed by atoms with E-state index in [4.69, 9.17) is 22.1 Å². The van der Waals surface area contributed by atoms with Crippen LogP contribution in [0.3, 0.4) is 0 Å². The number of ether oxygens (including phenoxy) is 1. The van der Waals surface area contributed by atoms with Crippen molar-refractivity contribution in [2.75, 3.05) is 26.0 Å². The van der Waals surface area contributed by atoms with Crippen LogP contribution in [0.25, 0.3) is 0 Å². The lowest BCUT2D eigenvalue weighted by atomic mass is 10.2. The predicted molar refractivity (Wildman–Crippen MR) is 67.0 cm³/mol. The van der Waals surface area contributed by atoms with Gasteiger partial charge in [-0.05, 0) is 12.0 Å². The minimum Gasteiger partial charge on any atom is -0.384 e. The van der Waals surface area contributed by atoms with Gasteiger partial charge < -0.3 is 15.8 Å². The zero-order valence-electron chi connectivity index (χ0n) is 9.87. The molecule has 0 spiro atoms. The van der Waals surface area contributed by atoms with Gasteiger partial charge in [-0.25, -0.2) is 4.98 Å². The molecule has 0 aromatic carbocycles. The molecule has 6 heteroatoms. The average molecular weight is 258 g/mol. The molecular formula is C11H16ClN3O2. The molecule has 0 saturated heterocycles. The number of pyridine rings is 1. The van der Waals surface area contributed by atoms with Crippen LogP contribution in [-0.4, -0.2) is 31.2 Å². The Balaban J connectivity index is 2.55. The van der Waals surface area contributed by atoms with Crippen molar-refractivity contribution >= 4 is 23.3 Å². The van der Waals surface area contributed by atoms with Crippen molar-refractivity contribution in [1.82, 2.24) is 10.3 Å². The van der Waals surface area contributed by atoms with Gasteiger partial charge in [0, 0.05) is 19.9 Å². The molecule has 0 bridgehead atoms. The zero-order chi connectivity index (χ0) is 12.8. The molecule has 0 saturated carbocycles. The summed E-state index contributed by atoms with van der Waals surface area (Å²) in [6.07, 6.45) is 1.40. The molecule has 94 valence electrons. The number of nitrogens with one attached hydrogen (secondary N) is 1. The van der Waals surface area contributed by atoms with E-state index in [0.717, 1.165) is 0 Å². The van der Waals surface area contributed by atoms with Gasteiger partial charge in [-0.15, -0.1) is 0 Å². The van der Waals surface area contributed by atoms with Crippen LogP contribution in [-0.2, 0) is 4.74 Å². The maximum absolute atomic E-state index is 11.7. The zero-order valence-corrected chi connectivity index (χ0v) is 10.6. The Morgan fingerprint density at radius 1 is 1.71 bits per heavy atom. The summed E-state index contributed by atoms with van der Waals surface area (Å²) < 4.78 is 4.98. The highest BCUT2D eigenvalue weighted by atomic mass is 35.5. The van der Waals surface area contributed by atoms with Crippen LogP contribution in [0.2, 0.25) is 5.02 Å². The molecule has 0 radical (unpaired) electrons. The van der Waals surface area contributed by atoms with Crippen LogP contribution < -0.4 is 11.1 Å². The van der Waals surface area contributed by atoms with Crippen LogP contribution in [0.5, 0.6) is 0 Å². The number of amides is 1. The predicted octanol–water partition coefficient (Wildman–Crippen LogP) is 1.33. The Morgan fingerprint density at radius 3 is 3.00 bits per heavy atom. The van der Waals surface area contributed by atoms with Crippen molar-refractivity contribution in [2.45, 2.75) is 6.92 Å². The van der Waals surface area contributed by atoms with Crippen molar-refractivity contribution in [2.24, 2.45) is 5.92 Å². The van der Waals surface area contributed by atoms with E-state index in [1.165, 1.54) is 12.3 Å². The monoisotopic (exact) mass is 257 g/mol. The first kappa shape index (κ1) is 13.7. The fourth-order valence-corrected chi connectivity index (χ4v) is 1.45. The number of aromatic nitrogens is 1. The van der Waals surface area contributed by atoms with Gasteiger partial charge in [0.25, 0.3) is 5.91 Å². The number of carbonyl (C=O) groups is 1. The molecule has 1 heterocycles. The molecule has 17 heavy (non-hydrogen) atoms. The van der Waals surface area contributed by atoms with Crippen molar-refractivity contribution in [1.29, 1.82) is 0 Å². The summed E-state index contributed by atoms with van der Waals surface area (Å²) in [5.74, 6) is 0.250. The summed E-state index contributed by atoms with van der Waals surface area (Å²) in [5, 5.41) is 3.05. The number of anilines is 1. The van der Waals surface area contributed by atoms with E-state index in [9.17, 15) is 4.79 Å². The summed E-state index contributed by atoms with van der Waals surface area (Å²) in [6.45, 7) is 3.12. The summed E-state index contributed by atoms with van der Waals surface area (Å²) in [7, 11) is 1.63. The molecule has 1 atom stereocenters. The second-order valence-corrected chi connectivity index (χ2v) is 4.27. The van der Waals surface area contributed by atoms with Gasteiger partial charge in [0.05, 0.1) is 17.2 Å². The molecule has 3 N–H and O–H groups in total. The molecule has 1 unspecified atom stereocenters. The van der Waals surface area contributed by atoms with Gasteiger partial charge in [-0.3, -0.25) is 4.79 Å². The number of hydrogen-bond acceptors (Lipinski definition) is 4. The quantitative estimate of drug-likeness (QED) is 0.834.